The Labute approximate surface area is 69.6 Å². The van der Waals surface area contributed by atoms with Crippen LogP contribution in [0.4, 0.5) is 4.39 Å². The number of aliphatic imine (C=N–C) groups is 1. The van der Waals surface area contributed by atoms with Crippen LogP contribution in [0.3, 0.4) is 0 Å². The second-order valence-electron chi connectivity index (χ2n) is 2.73. The third-order valence-electron chi connectivity index (χ3n) is 1.78. The summed E-state index contributed by atoms with van der Waals surface area (Å²) < 4.78 is 12.6. The van der Waals surface area contributed by atoms with E-state index in [2.05, 4.69) is 4.99 Å². The van der Waals surface area contributed by atoms with Crippen molar-refractivity contribution in [2.24, 2.45) is 10.9 Å². The number of halogens is 1. The molecule has 0 aromatic rings. The molecule has 0 fully saturated rings. The van der Waals surface area contributed by atoms with Gasteiger partial charge in [-0.3, -0.25) is 4.99 Å². The number of alkyl halides is 1. The first-order chi connectivity index (χ1) is 5.61. The van der Waals surface area contributed by atoms with Gasteiger partial charge < -0.3 is 5.11 Å². The quantitative estimate of drug-likeness (QED) is 0.675. The summed E-state index contributed by atoms with van der Waals surface area (Å²) in [5, 5.41) is 8.49. The first kappa shape index (κ1) is 8.90. The van der Waals surface area contributed by atoms with E-state index < -0.39 is 12.1 Å². The Bertz CT molecular complexity index is 245. The van der Waals surface area contributed by atoms with E-state index in [1.54, 1.807) is 6.08 Å². The van der Waals surface area contributed by atoms with Gasteiger partial charge in [0.2, 0.25) is 0 Å². The minimum absolute atomic E-state index is 0.00639. The highest BCUT2D eigenvalue weighted by molar-refractivity contribution is 6.40. The first-order valence-electron chi connectivity index (χ1n) is 3.71. The molecule has 0 spiro atoms. The first-order valence-corrected chi connectivity index (χ1v) is 3.71. The maximum atomic E-state index is 12.6. The number of hydrogen-bond acceptors (Lipinski definition) is 2. The van der Waals surface area contributed by atoms with Crippen molar-refractivity contribution in [2.45, 2.75) is 13.1 Å². The minimum atomic E-state index is -1.06. The van der Waals surface area contributed by atoms with Crippen LogP contribution in [-0.2, 0) is 4.79 Å². The number of dihydropyridines is 1. The van der Waals surface area contributed by atoms with Crippen LogP contribution in [0.25, 0.3) is 0 Å². The van der Waals surface area contributed by atoms with Gasteiger partial charge in [0.15, 0.2) is 0 Å². The van der Waals surface area contributed by atoms with E-state index in [9.17, 15) is 9.18 Å². The Hall–Kier alpha value is -1.19. The molecule has 0 bridgehead atoms. The maximum Gasteiger partial charge on any atom is 0.354 e. The smallest absolute Gasteiger partial charge is 0.354 e. The molecule has 1 rings (SSSR count). The summed E-state index contributed by atoms with van der Waals surface area (Å²) in [5.41, 5.74) is 0.00639. The van der Waals surface area contributed by atoms with E-state index in [0.717, 1.165) is 0 Å². The molecule has 0 aliphatic carbocycles. The Kier molecular flexibility index (Phi) is 2.58. The maximum absolute atomic E-state index is 12.6. The molecular formula is C8H10FNO2. The number of hydrogen-bond donors (Lipinski definition) is 1. The predicted octanol–water partition coefficient (Wildman–Crippen LogP) is 1.06. The molecule has 0 aromatic heterocycles. The molecule has 0 radical (unpaired) electrons. The van der Waals surface area contributed by atoms with Crippen LogP contribution in [-0.4, -0.2) is 29.5 Å². The Morgan fingerprint density at radius 3 is 2.92 bits per heavy atom. The van der Waals surface area contributed by atoms with Gasteiger partial charge in [0.05, 0.1) is 0 Å². The molecule has 2 atom stereocenters. The average molecular weight is 171 g/mol. The average Bonchev–Trinajstić information content (AvgIpc) is 2.04. The molecule has 0 saturated heterocycles. The number of carbonyl (C=O) groups is 1. The summed E-state index contributed by atoms with van der Waals surface area (Å²) in [6.07, 6.45) is 1.94. The summed E-state index contributed by atoms with van der Waals surface area (Å²) in [7, 11) is 0. The second-order valence-corrected chi connectivity index (χ2v) is 2.73. The highest BCUT2D eigenvalue weighted by atomic mass is 19.1. The van der Waals surface area contributed by atoms with Gasteiger partial charge in [-0.1, -0.05) is 6.08 Å². The topological polar surface area (TPSA) is 49.7 Å². The Balaban J connectivity index is 2.61. The summed E-state index contributed by atoms with van der Waals surface area (Å²) >= 11 is 0. The summed E-state index contributed by atoms with van der Waals surface area (Å²) in [6, 6.07) is 0. The zero-order chi connectivity index (χ0) is 9.14. The molecule has 0 amide bonds. The zero-order valence-electron chi connectivity index (χ0n) is 6.70. The van der Waals surface area contributed by atoms with Crippen LogP contribution < -0.4 is 0 Å². The molecule has 1 heterocycles. The highest BCUT2D eigenvalue weighted by Gasteiger charge is 2.18. The largest absolute Gasteiger partial charge is 0.477 e. The lowest BCUT2D eigenvalue weighted by Crippen LogP contribution is -2.21. The Morgan fingerprint density at radius 1 is 1.92 bits per heavy atom. The number of aliphatic carboxylic acids is 1. The number of rotatable bonds is 2. The van der Waals surface area contributed by atoms with Gasteiger partial charge >= 0.3 is 5.97 Å². The number of nitrogens with zero attached hydrogens (tertiary/aromatic N) is 1. The molecule has 3 nitrogen and oxygen atoms in total. The fourth-order valence-corrected chi connectivity index (χ4v) is 0.969. The van der Waals surface area contributed by atoms with Crippen molar-refractivity contribution in [2.75, 3.05) is 6.54 Å². The van der Waals surface area contributed by atoms with E-state index in [1.807, 2.05) is 0 Å². The number of carboxylic acid groups (broad SMARTS) is 1. The van der Waals surface area contributed by atoms with Crippen LogP contribution in [0.1, 0.15) is 6.92 Å². The molecule has 1 aliphatic rings. The normalized spacial score (nSPS) is 24.8. The van der Waals surface area contributed by atoms with Crippen molar-refractivity contribution in [3.63, 3.8) is 0 Å². The van der Waals surface area contributed by atoms with Gasteiger partial charge in [-0.15, -0.1) is 0 Å². The summed E-state index contributed by atoms with van der Waals surface area (Å²) in [4.78, 5) is 14.1. The minimum Gasteiger partial charge on any atom is -0.477 e. The lowest BCUT2D eigenvalue weighted by Gasteiger charge is -2.14. The van der Waals surface area contributed by atoms with E-state index in [0.29, 0.717) is 0 Å². The molecule has 0 saturated carbocycles. The Morgan fingerprint density at radius 2 is 2.58 bits per heavy atom. The van der Waals surface area contributed by atoms with Crippen LogP contribution in [0.15, 0.2) is 17.1 Å². The van der Waals surface area contributed by atoms with Crippen molar-refractivity contribution >= 4 is 11.7 Å². The molecule has 1 aliphatic heterocycles. The van der Waals surface area contributed by atoms with Crippen LogP contribution in [0.5, 0.6) is 0 Å². The van der Waals surface area contributed by atoms with Crippen LogP contribution >= 0.6 is 0 Å². The van der Waals surface area contributed by atoms with Gasteiger partial charge in [-0.2, -0.15) is 0 Å². The van der Waals surface area contributed by atoms with E-state index in [-0.39, 0.29) is 18.2 Å². The third kappa shape index (κ3) is 1.90. The lowest BCUT2D eigenvalue weighted by molar-refractivity contribution is -0.129. The second kappa shape index (κ2) is 3.47. The zero-order valence-corrected chi connectivity index (χ0v) is 6.70. The SMILES string of the molecule is CC(F)C1C=CC(C(=O)O)=NC1. The fourth-order valence-electron chi connectivity index (χ4n) is 0.969. The van der Waals surface area contributed by atoms with E-state index in [1.165, 1.54) is 13.0 Å². The van der Waals surface area contributed by atoms with Gasteiger partial charge in [-0.25, -0.2) is 9.18 Å². The molecule has 4 heteroatoms. The standard InChI is InChI=1S/C8H10FNO2/c1-5(9)6-2-3-7(8(11)12)10-4-6/h2-3,5-6H,4H2,1H3,(H,11,12). The van der Waals surface area contributed by atoms with Gasteiger partial charge in [0, 0.05) is 12.5 Å². The van der Waals surface area contributed by atoms with Crippen molar-refractivity contribution in [3.8, 4) is 0 Å². The molecule has 12 heavy (non-hydrogen) atoms. The monoisotopic (exact) mass is 171 g/mol. The highest BCUT2D eigenvalue weighted by Crippen LogP contribution is 2.13. The van der Waals surface area contributed by atoms with Gasteiger partial charge in [-0.05, 0) is 13.0 Å². The van der Waals surface area contributed by atoms with Crippen LogP contribution in [0.2, 0.25) is 0 Å². The summed E-state index contributed by atoms with van der Waals surface area (Å²) in [5.74, 6) is -1.33. The van der Waals surface area contributed by atoms with Crippen molar-refractivity contribution in [3.05, 3.63) is 12.2 Å². The van der Waals surface area contributed by atoms with E-state index >= 15 is 0 Å². The van der Waals surface area contributed by atoms with Crippen molar-refractivity contribution in [1.82, 2.24) is 0 Å². The summed E-state index contributed by atoms with van der Waals surface area (Å²) in [6.45, 7) is 1.67. The fraction of sp³-hybridized carbons (Fsp3) is 0.500. The molecule has 0 aromatic carbocycles. The predicted molar refractivity (Wildman–Crippen MR) is 43.1 cm³/mol. The van der Waals surface area contributed by atoms with Crippen LogP contribution in [0, 0.1) is 5.92 Å². The van der Waals surface area contributed by atoms with Crippen molar-refractivity contribution in [1.29, 1.82) is 0 Å². The molecule has 2 unspecified atom stereocenters. The third-order valence-corrected chi connectivity index (χ3v) is 1.78. The van der Waals surface area contributed by atoms with Gasteiger partial charge in [0.1, 0.15) is 11.9 Å². The van der Waals surface area contributed by atoms with E-state index in [4.69, 9.17) is 5.11 Å². The number of carboxylic acids is 1. The molecule has 66 valence electrons. The molecular weight excluding hydrogens is 161 g/mol. The lowest BCUT2D eigenvalue weighted by atomic mass is 10.0. The van der Waals surface area contributed by atoms with Gasteiger partial charge in [0.25, 0.3) is 0 Å². The molecule has 1 N–H and O–H groups in total. The van der Waals surface area contributed by atoms with Crippen molar-refractivity contribution < 1.29 is 14.3 Å².